The lowest BCUT2D eigenvalue weighted by Gasteiger charge is -2.52. The number of rotatable bonds is 8. The summed E-state index contributed by atoms with van der Waals surface area (Å²) >= 11 is 7.92. The predicted octanol–water partition coefficient (Wildman–Crippen LogP) is 4.17. The zero-order valence-electron chi connectivity index (χ0n) is 20.9. The highest BCUT2D eigenvalue weighted by atomic mass is 35.5. The summed E-state index contributed by atoms with van der Waals surface area (Å²) in [6.07, 6.45) is 1.24. The maximum Gasteiger partial charge on any atom is 0.415 e. The molecule has 0 saturated carbocycles. The van der Waals surface area contributed by atoms with Crippen LogP contribution < -0.4 is 17.3 Å². The Labute approximate surface area is 237 Å². The largest absolute Gasteiger partial charge is 1.00 e. The Kier molecular flexibility index (Phi) is 9.58. The van der Waals surface area contributed by atoms with Crippen molar-refractivity contribution in [2.45, 2.75) is 30.4 Å². The fourth-order valence-corrected chi connectivity index (χ4v) is 6.82. The first-order valence-electron chi connectivity index (χ1n) is 12.6. The summed E-state index contributed by atoms with van der Waals surface area (Å²) in [7, 11) is 0. The van der Waals surface area contributed by atoms with Crippen molar-refractivity contribution >= 4 is 35.1 Å². The third kappa shape index (κ3) is 6.81. The normalized spacial score (nSPS) is 22.0. The molecule has 202 valence electrons. The van der Waals surface area contributed by atoms with E-state index in [0.29, 0.717) is 11.5 Å². The second-order valence-corrected chi connectivity index (χ2v) is 11.5. The Bertz CT molecular complexity index is 1240. The fourth-order valence-electron chi connectivity index (χ4n) is 5.47. The van der Waals surface area contributed by atoms with Crippen molar-refractivity contribution < 1.29 is 35.2 Å². The summed E-state index contributed by atoms with van der Waals surface area (Å²) in [5.41, 5.74) is 0.844. The number of benzene rings is 3. The molecule has 3 aromatic carbocycles. The Hall–Kier alpha value is -2.32. The third-order valence-corrected chi connectivity index (χ3v) is 8.75. The number of para-hydroxylation sites is 1. The topological polar surface area (TPSA) is 29.5 Å². The molecule has 0 unspecified atom stereocenters. The summed E-state index contributed by atoms with van der Waals surface area (Å²) in [5, 5.41) is 0.739. The summed E-state index contributed by atoms with van der Waals surface area (Å²) in [4.78, 5) is 16.0. The highest BCUT2D eigenvalue weighted by Crippen LogP contribution is 2.37. The molecule has 2 bridgehead atoms. The van der Waals surface area contributed by atoms with Crippen LogP contribution in [-0.4, -0.2) is 48.6 Å². The van der Waals surface area contributed by atoms with E-state index in [-0.39, 0.29) is 36.6 Å². The van der Waals surface area contributed by atoms with E-state index in [1.807, 2.05) is 18.2 Å². The van der Waals surface area contributed by atoms with Gasteiger partial charge in [0.05, 0.1) is 31.9 Å². The van der Waals surface area contributed by atoms with Crippen LogP contribution >= 0.6 is 23.4 Å². The number of piperidine rings is 3. The minimum atomic E-state index is -0.570. The summed E-state index contributed by atoms with van der Waals surface area (Å²) < 4.78 is 35.2. The van der Waals surface area contributed by atoms with Gasteiger partial charge in [0.1, 0.15) is 18.2 Å². The molecule has 4 nitrogen and oxygen atoms in total. The van der Waals surface area contributed by atoms with Gasteiger partial charge < -0.3 is 21.6 Å². The zero-order valence-corrected chi connectivity index (χ0v) is 23.2. The SMILES string of the molecule is O=C(O[C@H]1C[N+]2(CCSc3cccc(Cl)c3)CCC1CC2)N(Cc1ccc(F)cc1)c1ccccc1F.[Cl-]. The quantitative estimate of drug-likeness (QED) is 0.297. The van der Waals surface area contributed by atoms with Gasteiger partial charge in [-0.1, -0.05) is 41.9 Å². The van der Waals surface area contributed by atoms with Crippen molar-refractivity contribution in [2.75, 3.05) is 36.8 Å². The molecule has 3 heterocycles. The molecule has 0 spiro atoms. The number of carbonyl (C=O) groups excluding carboxylic acids is 1. The smallest absolute Gasteiger partial charge is 0.415 e. The molecule has 3 saturated heterocycles. The number of thioether (sulfide) groups is 1. The number of anilines is 1. The van der Waals surface area contributed by atoms with Gasteiger partial charge in [0, 0.05) is 34.4 Å². The van der Waals surface area contributed by atoms with Gasteiger partial charge in [0.25, 0.3) is 0 Å². The summed E-state index contributed by atoms with van der Waals surface area (Å²) in [6, 6.07) is 19.9. The molecule has 0 radical (unpaired) electrons. The standard InChI is InChI=1S/C29H30ClF2N2O2S.ClH/c30-23-4-3-5-25(18-23)37-17-16-34-14-12-22(13-15-34)28(20-34)36-29(35)33(27-7-2-1-6-26(27)32)19-21-8-10-24(31)11-9-21;/h1-11,18,22,28H,12-17,19-20H2;1H/q+1;/p-1/t22?,28-,34?;/m0./s1. The van der Waals surface area contributed by atoms with E-state index in [1.54, 1.807) is 42.1 Å². The van der Waals surface area contributed by atoms with Crippen molar-refractivity contribution in [3.8, 4) is 0 Å². The Morgan fingerprint density at radius 2 is 1.76 bits per heavy atom. The van der Waals surface area contributed by atoms with Crippen molar-refractivity contribution in [3.05, 3.63) is 95.0 Å². The number of hydrogen-bond donors (Lipinski definition) is 0. The van der Waals surface area contributed by atoms with Gasteiger partial charge in [0.15, 0.2) is 6.10 Å². The van der Waals surface area contributed by atoms with E-state index < -0.39 is 11.9 Å². The maximum absolute atomic E-state index is 14.7. The van der Waals surface area contributed by atoms with Crippen LogP contribution in [0.3, 0.4) is 0 Å². The van der Waals surface area contributed by atoms with Crippen molar-refractivity contribution in [1.82, 2.24) is 0 Å². The first kappa shape index (κ1) is 28.7. The van der Waals surface area contributed by atoms with Gasteiger partial charge in [-0.05, 0) is 48.0 Å². The summed E-state index contributed by atoms with van der Waals surface area (Å²) in [5.74, 6) is 0.408. The first-order valence-corrected chi connectivity index (χ1v) is 14.0. The third-order valence-electron chi connectivity index (χ3n) is 7.54. The van der Waals surface area contributed by atoms with E-state index in [0.717, 1.165) is 59.2 Å². The zero-order chi connectivity index (χ0) is 25.8. The Morgan fingerprint density at radius 1 is 1.03 bits per heavy atom. The Balaban J connectivity index is 0.00000336. The lowest BCUT2D eigenvalue weighted by molar-refractivity contribution is -0.943. The molecule has 1 amide bonds. The molecular weight excluding hydrogens is 549 g/mol. The number of quaternary nitrogens is 1. The molecule has 1 atom stereocenters. The van der Waals surface area contributed by atoms with E-state index in [1.165, 1.54) is 23.1 Å². The molecule has 9 heteroatoms. The van der Waals surface area contributed by atoms with Crippen LogP contribution in [0, 0.1) is 17.6 Å². The molecule has 3 aromatic rings. The monoisotopic (exact) mass is 578 g/mol. The second kappa shape index (κ2) is 12.7. The molecule has 3 aliphatic rings. The molecular formula is C29H30Cl2F2N2O2S. The van der Waals surface area contributed by atoms with Crippen LogP contribution in [0.4, 0.5) is 19.3 Å². The number of halogens is 4. The van der Waals surface area contributed by atoms with Crippen molar-refractivity contribution in [3.63, 3.8) is 0 Å². The lowest BCUT2D eigenvalue weighted by Crippen LogP contribution is -3.00. The lowest BCUT2D eigenvalue weighted by atomic mass is 9.83. The number of amides is 1. The van der Waals surface area contributed by atoms with Crippen LogP contribution in [0.5, 0.6) is 0 Å². The number of carbonyl (C=O) groups is 1. The molecule has 3 fully saturated rings. The van der Waals surface area contributed by atoms with Crippen LogP contribution in [0.2, 0.25) is 5.02 Å². The van der Waals surface area contributed by atoms with Gasteiger partial charge in [-0.2, -0.15) is 0 Å². The number of hydrogen-bond acceptors (Lipinski definition) is 3. The van der Waals surface area contributed by atoms with Crippen molar-refractivity contribution in [2.24, 2.45) is 5.92 Å². The van der Waals surface area contributed by atoms with Crippen LogP contribution in [0.25, 0.3) is 0 Å². The van der Waals surface area contributed by atoms with E-state index in [2.05, 4.69) is 6.07 Å². The molecule has 3 aliphatic heterocycles. The van der Waals surface area contributed by atoms with Crippen LogP contribution in [-0.2, 0) is 11.3 Å². The number of ether oxygens (including phenoxy) is 1. The van der Waals surface area contributed by atoms with Gasteiger partial charge >= 0.3 is 6.09 Å². The Morgan fingerprint density at radius 3 is 2.47 bits per heavy atom. The highest BCUT2D eigenvalue weighted by molar-refractivity contribution is 7.99. The van der Waals surface area contributed by atoms with Crippen molar-refractivity contribution in [1.29, 1.82) is 0 Å². The fraction of sp³-hybridized carbons (Fsp3) is 0.345. The van der Waals surface area contributed by atoms with Crippen LogP contribution in [0.15, 0.2) is 77.7 Å². The molecule has 6 rings (SSSR count). The van der Waals surface area contributed by atoms with Gasteiger partial charge in [-0.25, -0.2) is 13.6 Å². The summed E-state index contributed by atoms with van der Waals surface area (Å²) in [6.45, 7) is 4.02. The molecule has 38 heavy (non-hydrogen) atoms. The predicted molar refractivity (Wildman–Crippen MR) is 144 cm³/mol. The first-order chi connectivity index (χ1) is 17.9. The van der Waals surface area contributed by atoms with Gasteiger partial charge in [-0.3, -0.25) is 4.90 Å². The molecule has 0 N–H and O–H groups in total. The highest BCUT2D eigenvalue weighted by Gasteiger charge is 2.47. The maximum atomic E-state index is 14.7. The van der Waals surface area contributed by atoms with Crippen LogP contribution in [0.1, 0.15) is 18.4 Å². The van der Waals surface area contributed by atoms with Gasteiger partial charge in [-0.15, -0.1) is 11.8 Å². The van der Waals surface area contributed by atoms with Gasteiger partial charge in [0.2, 0.25) is 0 Å². The number of fused-ring (bicyclic) bond motifs is 3. The van der Waals surface area contributed by atoms with E-state index in [4.69, 9.17) is 16.3 Å². The van der Waals surface area contributed by atoms with E-state index in [9.17, 15) is 13.6 Å². The number of nitrogens with zero attached hydrogens (tertiary/aromatic N) is 2. The minimum absolute atomic E-state index is 0. The van der Waals surface area contributed by atoms with E-state index >= 15 is 0 Å². The minimum Gasteiger partial charge on any atom is -1.00 e. The average Bonchev–Trinajstić information content (AvgIpc) is 2.89. The molecule has 0 aromatic heterocycles. The average molecular weight is 580 g/mol. The molecule has 0 aliphatic carbocycles. The second-order valence-electron chi connectivity index (χ2n) is 9.92.